The number of hydrogen-bond donors (Lipinski definition) is 1. The lowest BCUT2D eigenvalue weighted by molar-refractivity contribution is -0.00740. The number of aromatic nitrogens is 2. The van der Waals surface area contributed by atoms with Crippen LogP contribution in [0.5, 0.6) is 0 Å². The second kappa shape index (κ2) is 4.10. The van der Waals surface area contributed by atoms with Crippen LogP contribution in [-0.2, 0) is 6.54 Å². The number of aliphatic hydroxyl groups is 1. The van der Waals surface area contributed by atoms with Crippen molar-refractivity contribution in [3.05, 3.63) is 17.5 Å². The molecule has 0 fully saturated rings. The van der Waals surface area contributed by atoms with Crippen LogP contribution < -0.4 is 0 Å². The van der Waals surface area contributed by atoms with Crippen LogP contribution in [-0.4, -0.2) is 39.0 Å². The van der Waals surface area contributed by atoms with Crippen molar-refractivity contribution >= 4 is 0 Å². The lowest BCUT2D eigenvalue weighted by Crippen LogP contribution is -2.45. The molecule has 4 nitrogen and oxygen atoms in total. The van der Waals surface area contributed by atoms with Gasteiger partial charge in [-0.1, -0.05) is 13.8 Å². The fourth-order valence-corrected chi connectivity index (χ4v) is 2.36. The van der Waals surface area contributed by atoms with Crippen LogP contribution in [0.3, 0.4) is 0 Å². The first-order chi connectivity index (χ1) is 7.79. The Bertz CT molecular complexity index is 403. The molecule has 1 atom stereocenters. The summed E-state index contributed by atoms with van der Waals surface area (Å²) in [5.74, 6) is 0.431. The Morgan fingerprint density at radius 1 is 1.47 bits per heavy atom. The molecule has 0 radical (unpaired) electrons. The molecule has 1 aromatic heterocycles. The minimum Gasteiger partial charge on any atom is -0.388 e. The zero-order valence-electron chi connectivity index (χ0n) is 11.4. The summed E-state index contributed by atoms with van der Waals surface area (Å²) < 4.78 is 2.02. The zero-order chi connectivity index (χ0) is 12.8. The van der Waals surface area contributed by atoms with Gasteiger partial charge in [0.1, 0.15) is 0 Å². The van der Waals surface area contributed by atoms with Crippen LogP contribution >= 0.6 is 0 Å². The number of likely N-dealkylation sites (N-methyl/N-ethyl adjacent to an activating group) is 1. The Balaban J connectivity index is 2.42. The van der Waals surface area contributed by atoms with E-state index < -0.39 is 5.60 Å². The van der Waals surface area contributed by atoms with Crippen molar-refractivity contribution in [2.45, 2.75) is 51.8 Å². The highest BCUT2D eigenvalue weighted by Gasteiger charge is 2.35. The van der Waals surface area contributed by atoms with Crippen LogP contribution in [0.2, 0.25) is 0 Å². The Morgan fingerprint density at radius 3 is 2.65 bits per heavy atom. The van der Waals surface area contributed by atoms with Crippen molar-refractivity contribution in [2.75, 3.05) is 13.6 Å². The molecule has 0 amide bonds. The van der Waals surface area contributed by atoms with E-state index >= 15 is 0 Å². The van der Waals surface area contributed by atoms with Gasteiger partial charge >= 0.3 is 0 Å². The van der Waals surface area contributed by atoms with Gasteiger partial charge in [0.25, 0.3) is 0 Å². The first-order valence-electron chi connectivity index (χ1n) is 6.28. The van der Waals surface area contributed by atoms with E-state index in [0.29, 0.717) is 5.92 Å². The molecule has 0 aromatic carbocycles. The maximum Gasteiger partial charge on any atom is 0.0930 e. The van der Waals surface area contributed by atoms with E-state index in [-0.39, 0.29) is 6.04 Å². The Hall–Kier alpha value is -0.870. The third-order valence-corrected chi connectivity index (χ3v) is 3.45. The molecule has 1 aliphatic rings. The van der Waals surface area contributed by atoms with Gasteiger partial charge in [-0.3, -0.25) is 9.58 Å². The van der Waals surface area contributed by atoms with Gasteiger partial charge in [-0.25, -0.2) is 0 Å². The summed E-state index contributed by atoms with van der Waals surface area (Å²) in [6.45, 7) is 9.77. The molecule has 1 aliphatic heterocycles. The molecule has 0 bridgehead atoms. The lowest BCUT2D eigenvalue weighted by atomic mass is 9.97. The minimum absolute atomic E-state index is 0.0312. The van der Waals surface area contributed by atoms with Gasteiger partial charge in [0.2, 0.25) is 0 Å². The standard InChI is InChI=1S/C13H23N3O/c1-9(2)11-6-10-7-15(5)8-12(13(3,4)17)16(10)14-11/h6,9,12,17H,7-8H2,1-5H3. The van der Waals surface area contributed by atoms with Gasteiger partial charge in [-0.15, -0.1) is 0 Å². The van der Waals surface area contributed by atoms with E-state index in [4.69, 9.17) is 0 Å². The second-order valence-corrected chi connectivity index (χ2v) is 6.03. The first-order valence-corrected chi connectivity index (χ1v) is 6.28. The minimum atomic E-state index is -0.746. The molecule has 0 spiro atoms. The molecule has 0 saturated heterocycles. The van der Waals surface area contributed by atoms with Crippen molar-refractivity contribution in [2.24, 2.45) is 0 Å². The maximum absolute atomic E-state index is 10.3. The molecule has 1 unspecified atom stereocenters. The van der Waals surface area contributed by atoms with Crippen molar-refractivity contribution in [3.8, 4) is 0 Å². The lowest BCUT2D eigenvalue weighted by Gasteiger charge is -2.37. The molecule has 1 aromatic rings. The van der Waals surface area contributed by atoms with Crippen molar-refractivity contribution in [3.63, 3.8) is 0 Å². The summed E-state index contributed by atoms with van der Waals surface area (Å²) >= 11 is 0. The van der Waals surface area contributed by atoms with Gasteiger partial charge in [0.05, 0.1) is 23.0 Å². The Morgan fingerprint density at radius 2 is 2.12 bits per heavy atom. The SMILES string of the molecule is CC(C)c1cc2n(n1)C(C(C)(C)O)CN(C)C2. The molecule has 0 saturated carbocycles. The van der Waals surface area contributed by atoms with E-state index in [1.54, 1.807) is 0 Å². The first kappa shape index (κ1) is 12.6. The average molecular weight is 237 g/mol. The largest absolute Gasteiger partial charge is 0.388 e. The van der Waals surface area contributed by atoms with Crippen LogP contribution in [0.15, 0.2) is 6.07 Å². The Kier molecular flexibility index (Phi) is 3.04. The number of fused-ring (bicyclic) bond motifs is 1. The summed E-state index contributed by atoms with van der Waals surface area (Å²) in [5.41, 5.74) is 1.57. The van der Waals surface area contributed by atoms with Crippen LogP contribution in [0, 0.1) is 0 Å². The average Bonchev–Trinajstić information content (AvgIpc) is 2.58. The van der Waals surface area contributed by atoms with Gasteiger partial charge in [0.15, 0.2) is 0 Å². The van der Waals surface area contributed by atoms with Crippen LogP contribution in [0.4, 0.5) is 0 Å². The smallest absolute Gasteiger partial charge is 0.0930 e. The highest BCUT2D eigenvalue weighted by Crippen LogP contribution is 2.30. The van der Waals surface area contributed by atoms with Crippen LogP contribution in [0.1, 0.15) is 51.0 Å². The third-order valence-electron chi connectivity index (χ3n) is 3.45. The highest BCUT2D eigenvalue weighted by atomic mass is 16.3. The molecule has 4 heteroatoms. The van der Waals surface area contributed by atoms with Gasteiger partial charge < -0.3 is 5.11 Å². The van der Waals surface area contributed by atoms with Gasteiger partial charge in [0, 0.05) is 13.1 Å². The fourth-order valence-electron chi connectivity index (χ4n) is 2.36. The predicted molar refractivity (Wildman–Crippen MR) is 68.0 cm³/mol. The summed E-state index contributed by atoms with van der Waals surface area (Å²) in [6.07, 6.45) is 0. The Labute approximate surface area is 103 Å². The monoisotopic (exact) mass is 237 g/mol. The van der Waals surface area contributed by atoms with Gasteiger partial charge in [-0.2, -0.15) is 5.10 Å². The summed E-state index contributed by atoms with van der Waals surface area (Å²) in [6, 6.07) is 2.20. The van der Waals surface area contributed by atoms with E-state index in [1.807, 2.05) is 18.5 Å². The van der Waals surface area contributed by atoms with E-state index in [1.165, 1.54) is 5.69 Å². The number of rotatable bonds is 2. The zero-order valence-corrected chi connectivity index (χ0v) is 11.4. The fraction of sp³-hybridized carbons (Fsp3) is 0.769. The quantitative estimate of drug-likeness (QED) is 0.852. The van der Waals surface area contributed by atoms with Crippen molar-refractivity contribution in [1.29, 1.82) is 0 Å². The summed E-state index contributed by atoms with van der Waals surface area (Å²) in [7, 11) is 2.09. The highest BCUT2D eigenvalue weighted by molar-refractivity contribution is 5.16. The van der Waals surface area contributed by atoms with Crippen molar-refractivity contribution < 1.29 is 5.11 Å². The topological polar surface area (TPSA) is 41.3 Å². The number of nitrogens with zero attached hydrogens (tertiary/aromatic N) is 3. The predicted octanol–water partition coefficient (Wildman–Crippen LogP) is 1.76. The molecule has 2 rings (SSSR count). The molecule has 96 valence electrons. The molecule has 2 heterocycles. The summed E-state index contributed by atoms with van der Waals surface area (Å²) in [4.78, 5) is 2.24. The summed E-state index contributed by atoms with van der Waals surface area (Å²) in [5, 5.41) is 14.9. The van der Waals surface area contributed by atoms with Gasteiger partial charge in [-0.05, 0) is 32.9 Å². The van der Waals surface area contributed by atoms with Crippen LogP contribution in [0.25, 0.3) is 0 Å². The molecule has 1 N–H and O–H groups in total. The van der Waals surface area contributed by atoms with E-state index in [2.05, 4.69) is 37.0 Å². The van der Waals surface area contributed by atoms with E-state index in [9.17, 15) is 5.11 Å². The maximum atomic E-state index is 10.3. The second-order valence-electron chi connectivity index (χ2n) is 6.03. The number of hydrogen-bond acceptors (Lipinski definition) is 3. The molecular formula is C13H23N3O. The third kappa shape index (κ3) is 2.38. The van der Waals surface area contributed by atoms with Crippen molar-refractivity contribution in [1.82, 2.24) is 14.7 Å². The molecular weight excluding hydrogens is 214 g/mol. The molecule has 17 heavy (non-hydrogen) atoms. The molecule has 0 aliphatic carbocycles. The van der Waals surface area contributed by atoms with E-state index in [0.717, 1.165) is 18.8 Å². The normalized spacial score (nSPS) is 21.9.